The highest BCUT2D eigenvalue weighted by Crippen LogP contribution is 2.08. The topological polar surface area (TPSA) is 71.4 Å². The third kappa shape index (κ3) is 1.87. The first kappa shape index (κ1) is 9.79. The fourth-order valence-corrected chi connectivity index (χ4v) is 1.23. The maximum Gasteiger partial charge on any atom is 0.275 e. The van der Waals surface area contributed by atoms with Gasteiger partial charge >= 0.3 is 0 Å². The molecule has 0 bridgehead atoms. The molecule has 15 heavy (non-hydrogen) atoms. The van der Waals surface area contributed by atoms with Gasteiger partial charge in [-0.1, -0.05) is 0 Å². The number of hydrogen-bond acceptors (Lipinski definition) is 3. The molecule has 1 atom stereocenters. The molecule has 76 valence electrons. The van der Waals surface area contributed by atoms with Crippen molar-refractivity contribution in [2.24, 2.45) is 4.99 Å². The van der Waals surface area contributed by atoms with Crippen LogP contribution < -0.4 is 5.32 Å². The summed E-state index contributed by atoms with van der Waals surface area (Å²) < 4.78 is 0. The van der Waals surface area contributed by atoms with Crippen LogP contribution in [0.25, 0.3) is 0 Å². The monoisotopic (exact) mass is 223 g/mol. The van der Waals surface area contributed by atoms with Gasteiger partial charge < -0.3 is 5.32 Å². The predicted molar refractivity (Wildman–Crippen MR) is 53.6 cm³/mol. The molecule has 1 aliphatic rings. The van der Waals surface area contributed by atoms with Gasteiger partial charge in [0.25, 0.3) is 11.8 Å². The molecule has 0 aliphatic carbocycles. The first-order valence-corrected chi connectivity index (χ1v) is 4.60. The van der Waals surface area contributed by atoms with E-state index >= 15 is 0 Å². The van der Waals surface area contributed by atoms with Gasteiger partial charge in [-0.05, 0) is 12.1 Å². The smallest absolute Gasteiger partial charge is 0.275 e. The van der Waals surface area contributed by atoms with Crippen molar-refractivity contribution in [1.29, 1.82) is 0 Å². The van der Waals surface area contributed by atoms with Crippen molar-refractivity contribution in [3.8, 4) is 0 Å². The summed E-state index contributed by atoms with van der Waals surface area (Å²) in [6.45, 7) is 0. The molecule has 0 saturated heterocycles. The van der Waals surface area contributed by atoms with Gasteiger partial charge in [0, 0.05) is 18.0 Å². The second-order valence-corrected chi connectivity index (χ2v) is 3.33. The highest BCUT2D eigenvalue weighted by atomic mass is 35.5. The summed E-state index contributed by atoms with van der Waals surface area (Å²) in [6.07, 6.45) is 3.09. The van der Waals surface area contributed by atoms with Crippen molar-refractivity contribution < 1.29 is 9.59 Å². The zero-order valence-corrected chi connectivity index (χ0v) is 8.23. The zero-order valence-electron chi connectivity index (χ0n) is 7.48. The molecule has 0 saturated carbocycles. The van der Waals surface area contributed by atoms with E-state index in [-0.39, 0.29) is 5.84 Å². The molecular weight excluding hydrogens is 218 g/mol. The van der Waals surface area contributed by atoms with Crippen LogP contribution in [0, 0.1) is 0 Å². The Morgan fingerprint density at radius 3 is 2.80 bits per heavy atom. The van der Waals surface area contributed by atoms with Gasteiger partial charge in [0.1, 0.15) is 5.84 Å². The van der Waals surface area contributed by atoms with Gasteiger partial charge in [-0.25, -0.2) is 0 Å². The number of halogens is 1. The molecule has 1 N–H and O–H groups in total. The van der Waals surface area contributed by atoms with Crippen LogP contribution in [-0.2, 0) is 9.59 Å². The van der Waals surface area contributed by atoms with E-state index in [1.54, 1.807) is 18.3 Å². The molecule has 1 aliphatic heterocycles. The van der Waals surface area contributed by atoms with E-state index in [0.717, 1.165) is 0 Å². The molecule has 0 spiro atoms. The third-order valence-electron chi connectivity index (χ3n) is 1.85. The second-order valence-electron chi connectivity index (χ2n) is 2.89. The van der Waals surface area contributed by atoms with Crippen LogP contribution in [0.4, 0.5) is 0 Å². The Bertz CT molecular complexity index is 444. The number of pyridine rings is 1. The van der Waals surface area contributed by atoms with Crippen LogP contribution in [0.15, 0.2) is 29.5 Å². The third-order valence-corrected chi connectivity index (χ3v) is 2.23. The maximum atomic E-state index is 11.2. The SMILES string of the molecule is O=C1N=C(c2cccnc2)NC(=O)[C@H]1Cl. The van der Waals surface area contributed by atoms with Crippen molar-refractivity contribution in [3.63, 3.8) is 0 Å². The number of alkyl halides is 1. The van der Waals surface area contributed by atoms with Crippen LogP contribution in [-0.4, -0.2) is 28.0 Å². The van der Waals surface area contributed by atoms with Crippen LogP contribution in [0.2, 0.25) is 0 Å². The van der Waals surface area contributed by atoms with Crippen molar-refractivity contribution >= 4 is 29.3 Å². The fourth-order valence-electron chi connectivity index (χ4n) is 1.13. The lowest BCUT2D eigenvalue weighted by atomic mass is 10.2. The molecule has 1 aromatic rings. The lowest BCUT2D eigenvalue weighted by Crippen LogP contribution is -2.45. The van der Waals surface area contributed by atoms with Gasteiger partial charge in [0.05, 0.1) is 0 Å². The highest BCUT2D eigenvalue weighted by Gasteiger charge is 2.30. The molecule has 2 amide bonds. The van der Waals surface area contributed by atoms with Gasteiger partial charge in [0.2, 0.25) is 0 Å². The van der Waals surface area contributed by atoms with Crippen LogP contribution in [0.5, 0.6) is 0 Å². The summed E-state index contributed by atoms with van der Waals surface area (Å²) in [5.74, 6) is -1.02. The Morgan fingerprint density at radius 2 is 2.20 bits per heavy atom. The van der Waals surface area contributed by atoms with E-state index < -0.39 is 17.2 Å². The number of rotatable bonds is 1. The number of aliphatic imine (C=N–C) groups is 1. The number of nitrogens with zero attached hydrogens (tertiary/aromatic N) is 2. The Morgan fingerprint density at radius 1 is 1.40 bits per heavy atom. The van der Waals surface area contributed by atoms with Gasteiger partial charge in [0.15, 0.2) is 5.38 Å². The van der Waals surface area contributed by atoms with Crippen molar-refractivity contribution in [1.82, 2.24) is 10.3 Å². The molecule has 1 aromatic heterocycles. The number of nitrogens with one attached hydrogen (secondary N) is 1. The first-order chi connectivity index (χ1) is 7.18. The van der Waals surface area contributed by atoms with Crippen LogP contribution >= 0.6 is 11.6 Å². The van der Waals surface area contributed by atoms with E-state index in [9.17, 15) is 9.59 Å². The summed E-state index contributed by atoms with van der Waals surface area (Å²) >= 11 is 5.49. The molecule has 6 heteroatoms. The van der Waals surface area contributed by atoms with Crippen molar-refractivity contribution in [2.45, 2.75) is 5.38 Å². The van der Waals surface area contributed by atoms with E-state index in [1.807, 2.05) is 0 Å². The normalized spacial score (nSPS) is 20.9. The van der Waals surface area contributed by atoms with Crippen LogP contribution in [0.1, 0.15) is 5.56 Å². The lowest BCUT2D eigenvalue weighted by Gasteiger charge is -2.15. The Labute approximate surface area is 90.2 Å². The van der Waals surface area contributed by atoms with Crippen LogP contribution in [0.3, 0.4) is 0 Å². The number of carbonyl (C=O) groups excluding carboxylic acids is 2. The van der Waals surface area contributed by atoms with Gasteiger partial charge in [-0.3, -0.25) is 14.6 Å². The maximum absolute atomic E-state index is 11.2. The predicted octanol–water partition coefficient (Wildman–Crippen LogP) is 0.0920. The fraction of sp³-hybridized carbons (Fsp3) is 0.111. The summed E-state index contributed by atoms with van der Waals surface area (Å²) in [7, 11) is 0. The number of hydrogen-bond donors (Lipinski definition) is 1. The van der Waals surface area contributed by atoms with Gasteiger partial charge in [-0.2, -0.15) is 4.99 Å². The van der Waals surface area contributed by atoms with Gasteiger partial charge in [-0.15, -0.1) is 11.6 Å². The Hall–Kier alpha value is -1.75. The minimum Gasteiger partial charge on any atom is -0.308 e. The lowest BCUT2D eigenvalue weighted by molar-refractivity contribution is -0.127. The minimum absolute atomic E-state index is 0.190. The number of amidine groups is 1. The summed E-state index contributed by atoms with van der Waals surface area (Å²) in [6, 6.07) is 3.37. The summed E-state index contributed by atoms with van der Waals surface area (Å²) in [4.78, 5) is 29.9. The minimum atomic E-state index is -1.23. The summed E-state index contributed by atoms with van der Waals surface area (Å²) in [5, 5.41) is 1.20. The van der Waals surface area contributed by atoms with Crippen molar-refractivity contribution in [2.75, 3.05) is 0 Å². The molecule has 0 fully saturated rings. The average molecular weight is 224 g/mol. The van der Waals surface area contributed by atoms with Crippen molar-refractivity contribution in [3.05, 3.63) is 30.1 Å². The van der Waals surface area contributed by atoms with E-state index in [0.29, 0.717) is 5.56 Å². The molecule has 5 nitrogen and oxygen atoms in total. The van der Waals surface area contributed by atoms with E-state index in [1.165, 1.54) is 6.20 Å². The largest absolute Gasteiger partial charge is 0.308 e. The second kappa shape index (κ2) is 3.78. The molecule has 2 heterocycles. The zero-order chi connectivity index (χ0) is 10.8. The Kier molecular flexibility index (Phi) is 2.47. The Balaban J connectivity index is 2.36. The first-order valence-electron chi connectivity index (χ1n) is 4.16. The molecular formula is C9H6ClN3O2. The molecule has 0 aromatic carbocycles. The summed E-state index contributed by atoms with van der Waals surface area (Å²) in [5.41, 5.74) is 0.572. The molecule has 0 radical (unpaired) electrons. The molecule has 2 rings (SSSR count). The number of aromatic nitrogens is 1. The number of amides is 2. The standard InChI is InChI=1S/C9H6ClN3O2/c10-6-8(14)12-7(13-9(6)15)5-2-1-3-11-4-5/h1-4,6H,(H,12,13,14,15). The molecule has 0 unspecified atom stereocenters. The van der Waals surface area contributed by atoms with E-state index in [4.69, 9.17) is 11.6 Å². The highest BCUT2D eigenvalue weighted by molar-refractivity contribution is 6.45. The average Bonchev–Trinajstić information content (AvgIpc) is 2.26. The number of carbonyl (C=O) groups is 2. The van der Waals surface area contributed by atoms with E-state index in [2.05, 4.69) is 15.3 Å². The quantitative estimate of drug-likeness (QED) is 0.542.